The molecule has 4 nitrogen and oxygen atoms in total. The second-order valence-electron chi connectivity index (χ2n) is 8.05. The third-order valence-corrected chi connectivity index (χ3v) is 7.69. The normalized spacial score (nSPS) is 21.8. The van der Waals surface area contributed by atoms with Gasteiger partial charge >= 0.3 is 0 Å². The third kappa shape index (κ3) is 3.23. The molecule has 0 amide bonds. The number of nitrogens with zero attached hydrogens (tertiary/aromatic N) is 4. The zero-order chi connectivity index (χ0) is 16.7. The second kappa shape index (κ2) is 6.37. The molecule has 130 valence electrons. The van der Waals surface area contributed by atoms with E-state index < -0.39 is 0 Å². The van der Waals surface area contributed by atoms with Crippen LogP contribution in [0.25, 0.3) is 0 Å². The monoisotopic (exact) mass is 362 g/mol. The number of anilines is 1. The Kier molecular flexibility index (Phi) is 4.37. The number of hydrogen-bond acceptors (Lipinski definition) is 6. The average Bonchev–Trinajstić information content (AvgIpc) is 3.21. The van der Waals surface area contributed by atoms with Crippen molar-refractivity contribution in [3.63, 3.8) is 0 Å². The van der Waals surface area contributed by atoms with Gasteiger partial charge < -0.3 is 4.90 Å². The van der Waals surface area contributed by atoms with Crippen LogP contribution in [0.2, 0.25) is 0 Å². The zero-order valence-corrected chi connectivity index (χ0v) is 16.5. The predicted molar refractivity (Wildman–Crippen MR) is 102 cm³/mol. The Hall–Kier alpha value is -1.01. The number of piperidine rings is 1. The molecule has 3 heterocycles. The Morgan fingerprint density at radius 2 is 1.88 bits per heavy atom. The first-order chi connectivity index (χ1) is 11.5. The molecule has 0 spiro atoms. The predicted octanol–water partition coefficient (Wildman–Crippen LogP) is 4.55. The van der Waals surface area contributed by atoms with E-state index in [-0.39, 0.29) is 5.41 Å². The summed E-state index contributed by atoms with van der Waals surface area (Å²) in [6, 6.07) is 0. The number of fused-ring (bicyclic) bond motifs is 1. The van der Waals surface area contributed by atoms with Gasteiger partial charge in [-0.2, -0.15) is 0 Å². The van der Waals surface area contributed by atoms with E-state index in [0.29, 0.717) is 5.92 Å². The van der Waals surface area contributed by atoms with Gasteiger partial charge in [-0.15, -0.1) is 21.5 Å². The maximum absolute atomic E-state index is 5.01. The van der Waals surface area contributed by atoms with E-state index in [1.165, 1.54) is 49.2 Å². The van der Waals surface area contributed by atoms with Crippen LogP contribution in [0.4, 0.5) is 5.13 Å². The molecule has 4 rings (SSSR count). The van der Waals surface area contributed by atoms with Gasteiger partial charge in [0.25, 0.3) is 0 Å². The summed E-state index contributed by atoms with van der Waals surface area (Å²) in [5, 5.41) is 12.5. The molecule has 1 atom stereocenters. The van der Waals surface area contributed by atoms with E-state index >= 15 is 0 Å². The van der Waals surface area contributed by atoms with E-state index in [9.17, 15) is 0 Å². The Balaban J connectivity index is 1.51. The third-order valence-electron chi connectivity index (χ3n) is 4.96. The summed E-state index contributed by atoms with van der Waals surface area (Å²) >= 11 is 3.74. The van der Waals surface area contributed by atoms with Gasteiger partial charge in [-0.1, -0.05) is 32.1 Å². The fourth-order valence-electron chi connectivity index (χ4n) is 3.55. The summed E-state index contributed by atoms with van der Waals surface area (Å²) in [6.45, 7) is 8.76. The van der Waals surface area contributed by atoms with E-state index in [2.05, 4.69) is 35.9 Å². The second-order valence-corrected chi connectivity index (χ2v) is 10.1. The van der Waals surface area contributed by atoms with Crippen molar-refractivity contribution in [2.45, 2.75) is 70.6 Å². The molecule has 0 aromatic carbocycles. The summed E-state index contributed by atoms with van der Waals surface area (Å²) in [5.41, 5.74) is 1.48. The SMILES string of the molecule is CC(C)(C)c1nnc(N2CCCC(c3nc4c(s3)CCCC4)C2)s1. The maximum Gasteiger partial charge on any atom is 0.208 e. The van der Waals surface area contributed by atoms with Crippen LogP contribution in [-0.2, 0) is 18.3 Å². The molecule has 1 saturated heterocycles. The van der Waals surface area contributed by atoms with Gasteiger partial charge in [0, 0.05) is 29.3 Å². The number of aromatic nitrogens is 3. The summed E-state index contributed by atoms with van der Waals surface area (Å²) in [4.78, 5) is 8.99. The first-order valence-electron chi connectivity index (χ1n) is 9.08. The highest BCUT2D eigenvalue weighted by Gasteiger charge is 2.28. The molecule has 1 aliphatic heterocycles. The van der Waals surface area contributed by atoms with Crippen LogP contribution >= 0.6 is 22.7 Å². The fraction of sp³-hybridized carbons (Fsp3) is 0.722. The number of hydrogen-bond donors (Lipinski definition) is 0. The minimum Gasteiger partial charge on any atom is -0.346 e. The van der Waals surface area contributed by atoms with Crippen LogP contribution in [0.1, 0.15) is 73.0 Å². The standard InChI is InChI=1S/C18H26N4S2/c1-18(2,3)16-20-21-17(24-16)22-10-6-7-12(11-22)15-19-13-8-4-5-9-14(13)23-15/h12H,4-11H2,1-3H3. The highest BCUT2D eigenvalue weighted by molar-refractivity contribution is 7.15. The molecule has 2 aromatic rings. The Labute approximate surface area is 152 Å². The van der Waals surface area contributed by atoms with E-state index in [1.54, 1.807) is 16.2 Å². The van der Waals surface area contributed by atoms with Crippen LogP contribution in [0.5, 0.6) is 0 Å². The van der Waals surface area contributed by atoms with Gasteiger partial charge in [-0.05, 0) is 38.5 Å². The number of thiazole rings is 1. The lowest BCUT2D eigenvalue weighted by molar-refractivity contribution is 0.505. The first-order valence-corrected chi connectivity index (χ1v) is 10.7. The lowest BCUT2D eigenvalue weighted by atomic mass is 9.98. The molecular formula is C18H26N4S2. The largest absolute Gasteiger partial charge is 0.346 e. The van der Waals surface area contributed by atoms with E-state index in [1.807, 2.05) is 11.3 Å². The molecule has 0 N–H and O–H groups in total. The molecule has 0 bridgehead atoms. The molecular weight excluding hydrogens is 336 g/mol. The quantitative estimate of drug-likeness (QED) is 0.786. The minimum atomic E-state index is 0.0828. The molecule has 1 fully saturated rings. The maximum atomic E-state index is 5.01. The van der Waals surface area contributed by atoms with Gasteiger partial charge in [-0.3, -0.25) is 0 Å². The van der Waals surface area contributed by atoms with Crippen molar-refractivity contribution >= 4 is 27.8 Å². The molecule has 2 aliphatic rings. The van der Waals surface area contributed by atoms with Crippen molar-refractivity contribution in [1.82, 2.24) is 15.2 Å². The fourth-order valence-corrected chi connectivity index (χ4v) is 5.76. The minimum absolute atomic E-state index is 0.0828. The average molecular weight is 363 g/mol. The highest BCUT2D eigenvalue weighted by atomic mass is 32.1. The van der Waals surface area contributed by atoms with Crippen LogP contribution in [0.3, 0.4) is 0 Å². The highest BCUT2D eigenvalue weighted by Crippen LogP contribution is 2.37. The van der Waals surface area contributed by atoms with Crippen molar-refractivity contribution in [2.75, 3.05) is 18.0 Å². The van der Waals surface area contributed by atoms with Gasteiger partial charge in [0.05, 0.1) is 10.7 Å². The van der Waals surface area contributed by atoms with Crippen LogP contribution in [0.15, 0.2) is 0 Å². The molecule has 1 aliphatic carbocycles. The topological polar surface area (TPSA) is 41.9 Å². The summed E-state index contributed by atoms with van der Waals surface area (Å²) in [6.07, 6.45) is 7.56. The Bertz CT molecular complexity index is 689. The molecule has 6 heteroatoms. The smallest absolute Gasteiger partial charge is 0.208 e. The van der Waals surface area contributed by atoms with Gasteiger partial charge in [0.2, 0.25) is 5.13 Å². The Morgan fingerprint density at radius 3 is 2.62 bits per heavy atom. The van der Waals surface area contributed by atoms with Gasteiger partial charge in [0.15, 0.2) is 0 Å². The Morgan fingerprint density at radius 1 is 1.04 bits per heavy atom. The summed E-state index contributed by atoms with van der Waals surface area (Å²) < 4.78 is 0. The summed E-state index contributed by atoms with van der Waals surface area (Å²) in [7, 11) is 0. The first kappa shape index (κ1) is 16.5. The van der Waals surface area contributed by atoms with Gasteiger partial charge in [0.1, 0.15) is 5.01 Å². The van der Waals surface area contributed by atoms with Crippen molar-refractivity contribution in [1.29, 1.82) is 0 Å². The lowest BCUT2D eigenvalue weighted by Gasteiger charge is -2.31. The molecule has 0 saturated carbocycles. The molecule has 2 aromatic heterocycles. The van der Waals surface area contributed by atoms with E-state index in [0.717, 1.165) is 23.2 Å². The lowest BCUT2D eigenvalue weighted by Crippen LogP contribution is -2.34. The van der Waals surface area contributed by atoms with Gasteiger partial charge in [-0.25, -0.2) is 4.98 Å². The van der Waals surface area contributed by atoms with Crippen molar-refractivity contribution in [2.24, 2.45) is 0 Å². The zero-order valence-electron chi connectivity index (χ0n) is 14.8. The summed E-state index contributed by atoms with van der Waals surface area (Å²) in [5.74, 6) is 0.566. The van der Waals surface area contributed by atoms with Crippen molar-refractivity contribution in [3.05, 3.63) is 20.6 Å². The van der Waals surface area contributed by atoms with Crippen LogP contribution < -0.4 is 4.90 Å². The van der Waals surface area contributed by atoms with Crippen molar-refractivity contribution in [3.8, 4) is 0 Å². The van der Waals surface area contributed by atoms with Crippen LogP contribution in [-0.4, -0.2) is 28.3 Å². The van der Waals surface area contributed by atoms with Crippen molar-refractivity contribution < 1.29 is 0 Å². The number of aryl methyl sites for hydroxylation is 2. The molecule has 0 radical (unpaired) electrons. The van der Waals surface area contributed by atoms with Crippen LogP contribution in [0, 0.1) is 0 Å². The number of rotatable bonds is 2. The van der Waals surface area contributed by atoms with E-state index in [4.69, 9.17) is 4.98 Å². The molecule has 1 unspecified atom stereocenters. The molecule has 24 heavy (non-hydrogen) atoms.